The third-order valence-corrected chi connectivity index (χ3v) is 11.7. The van der Waals surface area contributed by atoms with Crippen LogP contribution in [0.25, 0.3) is 9.30 Å². The fraction of sp³-hybridized carbons (Fsp3) is 1.00. The van der Waals surface area contributed by atoms with Crippen molar-refractivity contribution in [2.24, 2.45) is 0 Å². The molecule has 4 nitrogen and oxygen atoms in total. The van der Waals surface area contributed by atoms with Gasteiger partial charge in [0.15, 0.2) is 0 Å². The minimum absolute atomic E-state index is 0. The van der Waals surface area contributed by atoms with Crippen molar-refractivity contribution in [2.45, 2.75) is 52.4 Å². The number of hydrogen-bond donors (Lipinski definition) is 0. The van der Waals surface area contributed by atoms with Gasteiger partial charge in [0.05, 0.1) is 0 Å². The van der Waals surface area contributed by atoms with Crippen molar-refractivity contribution in [1.82, 2.24) is 9.80 Å². The van der Waals surface area contributed by atoms with Gasteiger partial charge in [0.2, 0.25) is 0 Å². The smallest absolute Gasteiger partial charge is 0.672 e. The van der Waals surface area contributed by atoms with Crippen molar-refractivity contribution < 1.29 is 17.1 Å². The molecule has 1 radical (unpaired) electrons. The van der Waals surface area contributed by atoms with E-state index in [2.05, 4.69) is 99.7 Å². The molecule has 0 fully saturated rings. The van der Waals surface area contributed by atoms with Crippen LogP contribution in [0.2, 0.25) is 52.4 Å². The van der Waals surface area contributed by atoms with Gasteiger partial charge in [-0.1, -0.05) is 88.2 Å². The van der Waals surface area contributed by atoms with Gasteiger partial charge in [-0.3, -0.25) is 0 Å². The van der Waals surface area contributed by atoms with E-state index in [1.807, 2.05) is 0 Å². The van der Waals surface area contributed by atoms with Crippen LogP contribution in [-0.4, -0.2) is 86.9 Å². The second-order valence-corrected chi connectivity index (χ2v) is 18.4. The summed E-state index contributed by atoms with van der Waals surface area (Å²) in [5, 5.41) is 0. The molecular formula is C14H44MnN4Si4. The Morgan fingerprint density at radius 1 is 0.522 bits per heavy atom. The summed E-state index contributed by atoms with van der Waals surface area (Å²) < 4.78 is 9.11. The van der Waals surface area contributed by atoms with Crippen LogP contribution >= 0.6 is 0 Å². The Balaban J connectivity index is -0.000000116. The van der Waals surface area contributed by atoms with Crippen molar-refractivity contribution in [3.63, 3.8) is 0 Å². The largest absolute Gasteiger partial charge is 2.00 e. The molecule has 23 heavy (non-hydrogen) atoms. The van der Waals surface area contributed by atoms with E-state index >= 15 is 0 Å². The molecular weight excluding hydrogens is 391 g/mol. The van der Waals surface area contributed by atoms with E-state index in [-0.39, 0.29) is 17.1 Å². The van der Waals surface area contributed by atoms with Crippen LogP contribution < -0.4 is 0 Å². The van der Waals surface area contributed by atoms with Crippen LogP contribution in [0.3, 0.4) is 0 Å². The van der Waals surface area contributed by atoms with E-state index in [0.29, 0.717) is 0 Å². The van der Waals surface area contributed by atoms with Gasteiger partial charge in [-0.25, -0.2) is 0 Å². The Hall–Kier alpha value is 1.23. The van der Waals surface area contributed by atoms with Gasteiger partial charge in [0.1, 0.15) is 0 Å². The first-order chi connectivity index (χ1) is 9.88. The molecule has 0 aromatic rings. The first-order valence-electron chi connectivity index (χ1n) is 8.57. The molecule has 0 rings (SSSR count). The van der Waals surface area contributed by atoms with Crippen molar-refractivity contribution in [3.05, 3.63) is 9.30 Å². The van der Waals surface area contributed by atoms with Gasteiger partial charge in [0.25, 0.3) is 0 Å². The molecule has 0 N–H and O–H groups in total. The Morgan fingerprint density at radius 2 is 0.696 bits per heavy atom. The quantitative estimate of drug-likeness (QED) is 0.576. The molecule has 0 bridgehead atoms. The zero-order valence-corrected chi connectivity index (χ0v) is 23.7. The molecule has 0 aliphatic carbocycles. The van der Waals surface area contributed by atoms with Gasteiger partial charge in [-0.2, -0.15) is 0 Å². The summed E-state index contributed by atoms with van der Waals surface area (Å²) in [6.07, 6.45) is 0. The summed E-state index contributed by atoms with van der Waals surface area (Å²) in [6, 6.07) is 0. The minimum Gasteiger partial charge on any atom is -0.672 e. The molecule has 0 aromatic carbocycles. The SMILES string of the molecule is CN(C)CCN(C)C.C[SiH](C)[N-][SiH](C)C.C[SiH](C)[N-][SiH](C)C.[Mn+2]. The number of hydrogen-bond acceptors (Lipinski definition) is 2. The normalized spacial score (nSPS) is 10.7. The third-order valence-electron chi connectivity index (χ3n) is 2.19. The Bertz CT molecular complexity index is 185. The molecule has 0 aliphatic rings. The summed E-state index contributed by atoms with van der Waals surface area (Å²) >= 11 is 0. The first kappa shape index (κ1) is 31.9. The average molecular weight is 436 g/mol. The molecule has 0 saturated carbocycles. The van der Waals surface area contributed by atoms with Gasteiger partial charge >= 0.3 is 17.1 Å². The van der Waals surface area contributed by atoms with Gasteiger partial charge in [-0.05, 0) is 28.2 Å². The molecule has 0 amide bonds. The second-order valence-electron chi connectivity index (χ2n) is 7.28. The molecule has 0 aliphatic heterocycles. The molecule has 0 atom stereocenters. The van der Waals surface area contributed by atoms with Gasteiger partial charge in [-0.15, -0.1) is 0 Å². The Labute approximate surface area is 165 Å². The van der Waals surface area contributed by atoms with E-state index in [1.165, 1.54) is 0 Å². The predicted molar refractivity (Wildman–Crippen MR) is 119 cm³/mol. The maximum absolute atomic E-state index is 4.56. The maximum atomic E-state index is 4.56. The molecule has 0 heterocycles. The fourth-order valence-corrected chi connectivity index (χ4v) is 11.1. The Kier molecular flexibility index (Phi) is 29.5. The molecule has 0 aromatic heterocycles. The fourth-order valence-electron chi connectivity index (χ4n) is 1.59. The summed E-state index contributed by atoms with van der Waals surface area (Å²) in [6.45, 7) is 20.5. The standard InChI is InChI=1S/C6H16N2.2C4H14NSi2.Mn/c1-7(2)5-6-8(3)4;2*1-6(2)5-7(3)4;/h5-6H2,1-4H3;2*6-7H,1-4H3;/q;2*-1;+2. The minimum atomic E-state index is -0.542. The summed E-state index contributed by atoms with van der Waals surface area (Å²) in [7, 11) is 6.18. The summed E-state index contributed by atoms with van der Waals surface area (Å²) in [4.78, 5) is 4.36. The number of rotatable bonds is 7. The molecule has 9 heteroatoms. The van der Waals surface area contributed by atoms with Crippen molar-refractivity contribution in [3.8, 4) is 0 Å². The molecule has 0 unspecified atom stereocenters. The second kappa shape index (κ2) is 21.3. The van der Waals surface area contributed by atoms with Crippen LogP contribution in [0.1, 0.15) is 0 Å². The molecule has 143 valence electrons. The zero-order chi connectivity index (χ0) is 18.3. The topological polar surface area (TPSA) is 34.7 Å². The van der Waals surface area contributed by atoms with E-state index < -0.39 is 35.8 Å². The number of likely N-dealkylation sites (N-methyl/N-ethyl adjacent to an activating group) is 2. The predicted octanol–water partition coefficient (Wildman–Crippen LogP) is 2.76. The average Bonchev–Trinajstić information content (AvgIpc) is 2.23. The van der Waals surface area contributed by atoms with Crippen molar-refractivity contribution in [1.29, 1.82) is 0 Å². The summed E-state index contributed by atoms with van der Waals surface area (Å²) in [5.74, 6) is 0. The zero-order valence-electron chi connectivity index (χ0n) is 17.9. The van der Waals surface area contributed by atoms with E-state index in [0.717, 1.165) is 13.1 Å². The monoisotopic (exact) mass is 435 g/mol. The van der Waals surface area contributed by atoms with Crippen LogP contribution in [0.4, 0.5) is 0 Å². The Morgan fingerprint density at radius 3 is 0.739 bits per heavy atom. The third kappa shape index (κ3) is 51.7. The van der Waals surface area contributed by atoms with Crippen LogP contribution in [0.5, 0.6) is 0 Å². The van der Waals surface area contributed by atoms with Crippen LogP contribution in [0.15, 0.2) is 0 Å². The molecule has 0 saturated heterocycles. The van der Waals surface area contributed by atoms with E-state index in [4.69, 9.17) is 0 Å². The molecule has 0 spiro atoms. The number of nitrogens with zero attached hydrogens (tertiary/aromatic N) is 4. The van der Waals surface area contributed by atoms with Crippen molar-refractivity contribution in [2.75, 3.05) is 41.3 Å². The van der Waals surface area contributed by atoms with Gasteiger partial charge in [0, 0.05) is 13.1 Å². The first-order valence-corrected chi connectivity index (χ1v) is 19.9. The van der Waals surface area contributed by atoms with Crippen LogP contribution in [0, 0.1) is 0 Å². The van der Waals surface area contributed by atoms with Crippen LogP contribution in [-0.2, 0) is 17.1 Å². The van der Waals surface area contributed by atoms with Crippen molar-refractivity contribution >= 4 is 35.8 Å². The van der Waals surface area contributed by atoms with E-state index in [1.54, 1.807) is 0 Å². The van der Waals surface area contributed by atoms with Gasteiger partial charge < -0.3 is 19.1 Å². The summed E-state index contributed by atoms with van der Waals surface area (Å²) in [5.41, 5.74) is 0. The maximum Gasteiger partial charge on any atom is 2.00 e. The van der Waals surface area contributed by atoms with E-state index in [9.17, 15) is 0 Å².